The van der Waals surface area contributed by atoms with E-state index in [0.717, 1.165) is 24.0 Å². The minimum absolute atomic E-state index is 0.0268. The summed E-state index contributed by atoms with van der Waals surface area (Å²) >= 11 is 0. The van der Waals surface area contributed by atoms with E-state index in [9.17, 15) is 0 Å². The molecular weight excluding hydrogens is 386 g/mol. The van der Waals surface area contributed by atoms with E-state index in [2.05, 4.69) is 103 Å². The van der Waals surface area contributed by atoms with Crippen LogP contribution in [-0.2, 0) is 0 Å². The molecule has 0 radical (unpaired) electrons. The molecule has 4 atom stereocenters. The van der Waals surface area contributed by atoms with Gasteiger partial charge in [0.2, 0.25) is 0 Å². The molecule has 0 amide bonds. The van der Waals surface area contributed by atoms with Crippen LogP contribution < -0.4 is 5.32 Å². The van der Waals surface area contributed by atoms with Gasteiger partial charge in [0.1, 0.15) is 0 Å². The van der Waals surface area contributed by atoms with Crippen LogP contribution in [0.1, 0.15) is 61.3 Å². The van der Waals surface area contributed by atoms with Crippen molar-refractivity contribution in [3.8, 4) is 11.8 Å². The van der Waals surface area contributed by atoms with Crippen LogP contribution in [0.25, 0.3) is 0 Å². The zero-order chi connectivity index (χ0) is 24.7. The van der Waals surface area contributed by atoms with Crippen LogP contribution >= 0.6 is 0 Å². The second-order valence-corrected chi connectivity index (χ2v) is 8.84. The summed E-state index contributed by atoms with van der Waals surface area (Å²) < 4.78 is 0. The van der Waals surface area contributed by atoms with Gasteiger partial charge in [0.25, 0.3) is 0 Å². The molecule has 0 bridgehead atoms. The molecule has 176 valence electrons. The van der Waals surface area contributed by atoms with Gasteiger partial charge >= 0.3 is 0 Å². The first-order chi connectivity index (χ1) is 15.2. The number of allylic oxidation sites excluding steroid dienone is 10. The third-order valence-electron chi connectivity index (χ3n) is 6.34. The standard InChI is InChI=1S/C31H47N/c1-12-17-30(20-21-32-11)28(13-2)19-16-18-24(7)25(8)22-29(14-3)27(10)31(15-4)26(9)23(5)6/h13,15-16,18-21,23,25,27,29-30,32H,2,7,9,14,22H2,1,3-6,8,10-11H3/b18-16+,21-20+,28-19+,31-15-. The Hall–Kier alpha value is -2.46. The van der Waals surface area contributed by atoms with Gasteiger partial charge in [0, 0.05) is 7.05 Å². The zero-order valence-electron chi connectivity index (χ0n) is 22.0. The maximum Gasteiger partial charge on any atom is 0.0649 e. The molecule has 0 aliphatic heterocycles. The van der Waals surface area contributed by atoms with Crippen molar-refractivity contribution in [2.24, 2.45) is 29.6 Å². The summed E-state index contributed by atoms with van der Waals surface area (Å²) in [6.45, 7) is 28.1. The van der Waals surface area contributed by atoms with E-state index in [0.29, 0.717) is 23.7 Å². The SMILES string of the molecule is C=C/C(=C\C=C\C(=C)C(C)CC(CC)C(C)/C(=C\C)C(=C)C(C)C)C(C#CC)/C=C/NC. The van der Waals surface area contributed by atoms with Gasteiger partial charge in [-0.3, -0.25) is 0 Å². The van der Waals surface area contributed by atoms with Gasteiger partial charge in [-0.1, -0.05) is 103 Å². The van der Waals surface area contributed by atoms with E-state index in [1.165, 1.54) is 11.1 Å². The van der Waals surface area contributed by atoms with Crippen LogP contribution in [0, 0.1) is 41.4 Å². The summed E-state index contributed by atoms with van der Waals surface area (Å²) in [7, 11) is 1.89. The summed E-state index contributed by atoms with van der Waals surface area (Å²) in [4.78, 5) is 0. The summed E-state index contributed by atoms with van der Waals surface area (Å²) in [6, 6.07) is 0. The molecule has 0 aliphatic carbocycles. The van der Waals surface area contributed by atoms with Gasteiger partial charge in [-0.15, -0.1) is 5.92 Å². The zero-order valence-corrected chi connectivity index (χ0v) is 22.0. The molecular formula is C31H47N. The van der Waals surface area contributed by atoms with Crippen molar-refractivity contribution in [2.45, 2.75) is 61.3 Å². The lowest BCUT2D eigenvalue weighted by atomic mass is 9.75. The minimum Gasteiger partial charge on any atom is -0.394 e. The quantitative estimate of drug-likeness (QED) is 0.214. The van der Waals surface area contributed by atoms with Gasteiger partial charge in [-0.2, -0.15) is 0 Å². The lowest BCUT2D eigenvalue weighted by Gasteiger charge is -2.30. The molecule has 0 aliphatic rings. The molecule has 1 N–H and O–H groups in total. The van der Waals surface area contributed by atoms with Crippen LogP contribution in [-0.4, -0.2) is 7.05 Å². The van der Waals surface area contributed by atoms with Crippen molar-refractivity contribution in [1.82, 2.24) is 5.32 Å². The van der Waals surface area contributed by atoms with E-state index in [1.54, 1.807) is 0 Å². The molecule has 0 aromatic rings. The van der Waals surface area contributed by atoms with Crippen LogP contribution in [0.3, 0.4) is 0 Å². The van der Waals surface area contributed by atoms with Crippen LogP contribution in [0.5, 0.6) is 0 Å². The summed E-state index contributed by atoms with van der Waals surface area (Å²) in [6.07, 6.45) is 16.7. The Labute approximate surface area is 199 Å². The fourth-order valence-electron chi connectivity index (χ4n) is 3.99. The van der Waals surface area contributed by atoms with Crippen molar-refractivity contribution in [3.05, 3.63) is 84.7 Å². The van der Waals surface area contributed by atoms with Gasteiger partial charge in [0.05, 0.1) is 5.92 Å². The van der Waals surface area contributed by atoms with E-state index in [-0.39, 0.29) is 5.92 Å². The normalized spacial score (nSPS) is 16.4. The molecule has 0 saturated carbocycles. The smallest absolute Gasteiger partial charge is 0.0649 e. The maximum atomic E-state index is 4.36. The first-order valence-electron chi connectivity index (χ1n) is 12.0. The Morgan fingerprint density at radius 2 is 1.78 bits per heavy atom. The van der Waals surface area contributed by atoms with Crippen molar-refractivity contribution in [1.29, 1.82) is 0 Å². The summed E-state index contributed by atoms with van der Waals surface area (Å²) in [5.41, 5.74) is 4.91. The number of nitrogens with one attached hydrogen (secondary N) is 1. The summed E-state index contributed by atoms with van der Waals surface area (Å²) in [5, 5.41) is 3.03. The van der Waals surface area contributed by atoms with Crippen molar-refractivity contribution >= 4 is 0 Å². The first-order valence-corrected chi connectivity index (χ1v) is 12.0. The number of hydrogen-bond acceptors (Lipinski definition) is 1. The lowest BCUT2D eigenvalue weighted by Crippen LogP contribution is -2.19. The average Bonchev–Trinajstić information content (AvgIpc) is 2.77. The van der Waals surface area contributed by atoms with Gasteiger partial charge < -0.3 is 5.32 Å². The highest BCUT2D eigenvalue weighted by Gasteiger charge is 2.23. The van der Waals surface area contributed by atoms with Crippen molar-refractivity contribution in [2.75, 3.05) is 7.05 Å². The molecule has 0 spiro atoms. The molecule has 0 rings (SSSR count). The van der Waals surface area contributed by atoms with Gasteiger partial charge in [-0.25, -0.2) is 0 Å². The highest BCUT2D eigenvalue weighted by atomic mass is 14.8. The van der Waals surface area contributed by atoms with Crippen molar-refractivity contribution in [3.63, 3.8) is 0 Å². The van der Waals surface area contributed by atoms with E-state index >= 15 is 0 Å². The second kappa shape index (κ2) is 16.2. The van der Waals surface area contributed by atoms with E-state index in [1.807, 2.05) is 32.3 Å². The fourth-order valence-corrected chi connectivity index (χ4v) is 3.99. The molecule has 1 nitrogen and oxygen atoms in total. The monoisotopic (exact) mass is 433 g/mol. The fraction of sp³-hybridized carbons (Fsp3) is 0.484. The third-order valence-corrected chi connectivity index (χ3v) is 6.34. The summed E-state index contributed by atoms with van der Waals surface area (Å²) in [5.74, 6) is 8.25. The molecule has 0 saturated heterocycles. The Bertz CT molecular complexity index is 788. The molecule has 0 aromatic heterocycles. The maximum absolute atomic E-state index is 4.36. The number of rotatable bonds is 14. The van der Waals surface area contributed by atoms with E-state index in [4.69, 9.17) is 0 Å². The number of hydrogen-bond donors (Lipinski definition) is 1. The highest BCUT2D eigenvalue weighted by Crippen LogP contribution is 2.35. The van der Waals surface area contributed by atoms with Crippen molar-refractivity contribution < 1.29 is 0 Å². The topological polar surface area (TPSA) is 12.0 Å². The molecule has 0 fully saturated rings. The molecule has 32 heavy (non-hydrogen) atoms. The van der Waals surface area contributed by atoms with E-state index < -0.39 is 0 Å². The predicted molar refractivity (Wildman–Crippen MR) is 146 cm³/mol. The largest absolute Gasteiger partial charge is 0.394 e. The van der Waals surface area contributed by atoms with Gasteiger partial charge in [-0.05, 0) is 72.9 Å². The second-order valence-electron chi connectivity index (χ2n) is 8.84. The third kappa shape index (κ3) is 9.78. The van der Waals surface area contributed by atoms with Crippen LogP contribution in [0.4, 0.5) is 0 Å². The Morgan fingerprint density at radius 1 is 1.12 bits per heavy atom. The average molecular weight is 434 g/mol. The Balaban J connectivity index is 5.37. The Morgan fingerprint density at radius 3 is 2.25 bits per heavy atom. The van der Waals surface area contributed by atoms with Crippen LogP contribution in [0.2, 0.25) is 0 Å². The van der Waals surface area contributed by atoms with Crippen LogP contribution in [0.15, 0.2) is 84.7 Å². The van der Waals surface area contributed by atoms with Gasteiger partial charge in [0.15, 0.2) is 0 Å². The molecule has 0 heterocycles. The Kier molecular flexibility index (Phi) is 15.0. The molecule has 1 heteroatoms. The molecule has 0 aromatic carbocycles. The highest BCUT2D eigenvalue weighted by molar-refractivity contribution is 5.36. The molecule has 4 unspecified atom stereocenters. The lowest BCUT2D eigenvalue weighted by molar-refractivity contribution is 0.330. The minimum atomic E-state index is 0.0268. The predicted octanol–water partition coefficient (Wildman–Crippen LogP) is 8.43. The first kappa shape index (κ1) is 29.5.